The van der Waals surface area contributed by atoms with Gasteiger partial charge in [-0.15, -0.1) is 0 Å². The van der Waals surface area contributed by atoms with Crippen LogP contribution in [0.5, 0.6) is 5.75 Å². The molecule has 0 unspecified atom stereocenters. The molecule has 3 heteroatoms. The second kappa shape index (κ2) is 5.87. The van der Waals surface area contributed by atoms with E-state index in [4.69, 9.17) is 15.2 Å². The summed E-state index contributed by atoms with van der Waals surface area (Å²) in [6, 6.07) is 8.15. The van der Waals surface area contributed by atoms with Crippen LogP contribution < -0.4 is 10.5 Å². The van der Waals surface area contributed by atoms with Crippen molar-refractivity contribution in [1.82, 2.24) is 0 Å². The molecule has 0 aliphatic carbocycles. The summed E-state index contributed by atoms with van der Waals surface area (Å²) < 4.78 is 11.3. The van der Waals surface area contributed by atoms with Gasteiger partial charge in [0.1, 0.15) is 11.9 Å². The number of rotatable bonds is 4. The van der Waals surface area contributed by atoms with Crippen LogP contribution >= 0.6 is 0 Å². The minimum absolute atomic E-state index is 0.299. The monoisotopic (exact) mass is 221 g/mol. The van der Waals surface area contributed by atoms with Gasteiger partial charge in [-0.2, -0.15) is 0 Å². The molecule has 0 bridgehead atoms. The Morgan fingerprint density at radius 1 is 1.25 bits per heavy atom. The van der Waals surface area contributed by atoms with Gasteiger partial charge in [0.25, 0.3) is 0 Å². The summed E-state index contributed by atoms with van der Waals surface area (Å²) in [5.74, 6) is 0.986. The van der Waals surface area contributed by atoms with Crippen molar-refractivity contribution in [1.29, 1.82) is 0 Å². The molecule has 2 rings (SSSR count). The lowest BCUT2D eigenvalue weighted by Crippen LogP contribution is -2.26. The number of benzene rings is 1. The molecule has 16 heavy (non-hydrogen) atoms. The van der Waals surface area contributed by atoms with Crippen molar-refractivity contribution in [3.63, 3.8) is 0 Å². The molecule has 1 heterocycles. The van der Waals surface area contributed by atoms with Crippen LogP contribution in [0.3, 0.4) is 0 Å². The SMILES string of the molecule is NCCc1ccccc1OC1CCOCC1. The van der Waals surface area contributed by atoms with E-state index in [1.54, 1.807) is 0 Å². The van der Waals surface area contributed by atoms with Crippen LogP contribution in [-0.2, 0) is 11.2 Å². The van der Waals surface area contributed by atoms with Crippen LogP contribution in [0.15, 0.2) is 24.3 Å². The van der Waals surface area contributed by atoms with E-state index in [2.05, 4.69) is 6.07 Å². The van der Waals surface area contributed by atoms with Crippen molar-refractivity contribution in [2.45, 2.75) is 25.4 Å². The van der Waals surface area contributed by atoms with Gasteiger partial charge in [0, 0.05) is 12.8 Å². The first-order chi connectivity index (χ1) is 7.90. The zero-order chi connectivity index (χ0) is 11.2. The lowest BCUT2D eigenvalue weighted by atomic mass is 10.1. The quantitative estimate of drug-likeness (QED) is 0.842. The summed E-state index contributed by atoms with van der Waals surface area (Å²) in [6.45, 7) is 2.28. The summed E-state index contributed by atoms with van der Waals surface area (Å²) in [5.41, 5.74) is 6.79. The van der Waals surface area contributed by atoms with Gasteiger partial charge in [0.2, 0.25) is 0 Å². The van der Waals surface area contributed by atoms with Gasteiger partial charge in [-0.25, -0.2) is 0 Å². The average Bonchev–Trinajstić information content (AvgIpc) is 2.33. The Kier molecular flexibility index (Phi) is 4.19. The fraction of sp³-hybridized carbons (Fsp3) is 0.538. The van der Waals surface area contributed by atoms with E-state index in [1.807, 2.05) is 18.2 Å². The highest BCUT2D eigenvalue weighted by molar-refractivity contribution is 5.33. The lowest BCUT2D eigenvalue weighted by Gasteiger charge is -2.24. The third-order valence-corrected chi connectivity index (χ3v) is 2.85. The maximum Gasteiger partial charge on any atom is 0.122 e. The number of hydrogen-bond acceptors (Lipinski definition) is 3. The molecular formula is C13H19NO2. The van der Waals surface area contributed by atoms with Crippen molar-refractivity contribution in [3.8, 4) is 5.75 Å². The first kappa shape index (κ1) is 11.4. The second-order valence-electron chi connectivity index (χ2n) is 4.08. The van der Waals surface area contributed by atoms with Gasteiger partial charge in [-0.3, -0.25) is 0 Å². The Morgan fingerprint density at radius 2 is 2.00 bits per heavy atom. The van der Waals surface area contributed by atoms with E-state index in [-0.39, 0.29) is 0 Å². The normalized spacial score (nSPS) is 17.3. The molecule has 1 aliphatic rings. The van der Waals surface area contributed by atoms with Gasteiger partial charge in [-0.1, -0.05) is 18.2 Å². The van der Waals surface area contributed by atoms with Crippen LogP contribution in [0.4, 0.5) is 0 Å². The van der Waals surface area contributed by atoms with Crippen molar-refractivity contribution in [2.75, 3.05) is 19.8 Å². The first-order valence-corrected chi connectivity index (χ1v) is 5.92. The molecule has 0 spiro atoms. The van der Waals surface area contributed by atoms with Gasteiger partial charge in [0.05, 0.1) is 13.2 Å². The zero-order valence-corrected chi connectivity index (χ0v) is 9.52. The molecule has 0 radical (unpaired) electrons. The minimum Gasteiger partial charge on any atom is -0.490 e. The molecule has 1 aromatic rings. The lowest BCUT2D eigenvalue weighted by molar-refractivity contribution is 0.0252. The summed E-state index contributed by atoms with van der Waals surface area (Å²) in [6.07, 6.45) is 3.14. The molecule has 88 valence electrons. The van der Waals surface area contributed by atoms with E-state index < -0.39 is 0 Å². The van der Waals surface area contributed by atoms with Crippen LogP contribution in [0.2, 0.25) is 0 Å². The number of nitrogens with two attached hydrogens (primary N) is 1. The summed E-state index contributed by atoms with van der Waals surface area (Å²) in [7, 11) is 0. The van der Waals surface area contributed by atoms with Crippen LogP contribution in [0, 0.1) is 0 Å². The van der Waals surface area contributed by atoms with Crippen LogP contribution in [-0.4, -0.2) is 25.9 Å². The summed E-state index contributed by atoms with van der Waals surface area (Å²) >= 11 is 0. The maximum atomic E-state index is 6.00. The fourth-order valence-corrected chi connectivity index (χ4v) is 1.95. The predicted octanol–water partition coefficient (Wildman–Crippen LogP) is 1.75. The van der Waals surface area contributed by atoms with Gasteiger partial charge < -0.3 is 15.2 Å². The second-order valence-corrected chi connectivity index (χ2v) is 4.08. The molecule has 0 saturated carbocycles. The number of ether oxygens (including phenoxy) is 2. The zero-order valence-electron chi connectivity index (χ0n) is 9.52. The molecule has 3 nitrogen and oxygen atoms in total. The first-order valence-electron chi connectivity index (χ1n) is 5.92. The summed E-state index contributed by atoms with van der Waals surface area (Å²) in [5, 5.41) is 0. The van der Waals surface area contributed by atoms with Crippen molar-refractivity contribution in [3.05, 3.63) is 29.8 Å². The fourth-order valence-electron chi connectivity index (χ4n) is 1.95. The third-order valence-electron chi connectivity index (χ3n) is 2.85. The molecule has 1 aromatic carbocycles. The molecule has 0 amide bonds. The molecule has 0 aromatic heterocycles. The Morgan fingerprint density at radius 3 is 2.75 bits per heavy atom. The topological polar surface area (TPSA) is 44.5 Å². The molecule has 1 fully saturated rings. The standard InChI is InChI=1S/C13H19NO2/c14-8-5-11-3-1-2-4-13(11)16-12-6-9-15-10-7-12/h1-4,12H,5-10,14H2. The Balaban J connectivity index is 2.01. The van der Waals surface area contributed by atoms with Crippen molar-refractivity contribution >= 4 is 0 Å². The summed E-state index contributed by atoms with van der Waals surface area (Å²) in [4.78, 5) is 0. The molecule has 1 aliphatic heterocycles. The Bertz CT molecular complexity index is 321. The van der Waals surface area contributed by atoms with Gasteiger partial charge in [-0.05, 0) is 24.6 Å². The Hall–Kier alpha value is -1.06. The maximum absolute atomic E-state index is 6.00. The highest BCUT2D eigenvalue weighted by Gasteiger charge is 2.16. The smallest absolute Gasteiger partial charge is 0.122 e. The van der Waals surface area contributed by atoms with Crippen LogP contribution in [0.25, 0.3) is 0 Å². The van der Waals surface area contributed by atoms with E-state index >= 15 is 0 Å². The van der Waals surface area contributed by atoms with E-state index in [0.29, 0.717) is 12.6 Å². The predicted molar refractivity (Wildman–Crippen MR) is 63.7 cm³/mol. The largest absolute Gasteiger partial charge is 0.490 e. The highest BCUT2D eigenvalue weighted by atomic mass is 16.5. The number of hydrogen-bond donors (Lipinski definition) is 1. The van der Waals surface area contributed by atoms with Crippen molar-refractivity contribution < 1.29 is 9.47 Å². The van der Waals surface area contributed by atoms with Gasteiger partial charge in [0.15, 0.2) is 0 Å². The van der Waals surface area contributed by atoms with Gasteiger partial charge >= 0.3 is 0 Å². The van der Waals surface area contributed by atoms with Crippen LogP contribution in [0.1, 0.15) is 18.4 Å². The highest BCUT2D eigenvalue weighted by Crippen LogP contribution is 2.22. The van der Waals surface area contributed by atoms with E-state index in [0.717, 1.165) is 38.2 Å². The molecule has 2 N–H and O–H groups in total. The minimum atomic E-state index is 0.299. The van der Waals surface area contributed by atoms with E-state index in [9.17, 15) is 0 Å². The third kappa shape index (κ3) is 2.97. The Labute approximate surface area is 96.5 Å². The average molecular weight is 221 g/mol. The van der Waals surface area contributed by atoms with Crippen molar-refractivity contribution in [2.24, 2.45) is 5.73 Å². The molecule has 0 atom stereocenters. The van der Waals surface area contributed by atoms with E-state index in [1.165, 1.54) is 5.56 Å². The number of para-hydroxylation sites is 1. The molecule has 1 saturated heterocycles. The molecular weight excluding hydrogens is 202 g/mol.